The van der Waals surface area contributed by atoms with Gasteiger partial charge in [0.2, 0.25) is 0 Å². The van der Waals surface area contributed by atoms with E-state index >= 15 is 0 Å². The summed E-state index contributed by atoms with van der Waals surface area (Å²) in [6.07, 6.45) is 5.79. The normalized spacial score (nSPS) is 20.4. The molecule has 1 heterocycles. The molecular formula is C21H30N4O3. The summed E-state index contributed by atoms with van der Waals surface area (Å²) in [4.78, 5) is 21.9. The number of hydrogen-bond acceptors (Lipinski definition) is 5. The van der Waals surface area contributed by atoms with Crippen molar-refractivity contribution in [2.45, 2.75) is 51.6 Å². The molecule has 0 bridgehead atoms. The number of anilines is 1. The second-order valence-corrected chi connectivity index (χ2v) is 8.12. The van der Waals surface area contributed by atoms with Crippen LogP contribution in [0.2, 0.25) is 0 Å². The molecule has 0 unspecified atom stereocenters. The van der Waals surface area contributed by atoms with Crippen molar-refractivity contribution in [3.8, 4) is 5.75 Å². The molecule has 0 radical (unpaired) electrons. The number of benzene rings is 1. The zero-order valence-electron chi connectivity index (χ0n) is 16.7. The minimum absolute atomic E-state index is 0.0118. The van der Waals surface area contributed by atoms with E-state index in [-0.39, 0.29) is 11.5 Å². The number of nitrogens with zero attached hydrogens (tertiary/aromatic N) is 3. The molecule has 0 aromatic heterocycles. The molecule has 1 aliphatic carbocycles. The number of aliphatic carboxylic acids is 1. The molecule has 1 saturated carbocycles. The molecule has 7 heteroatoms. The Kier molecular flexibility index (Phi) is 6.34. The van der Waals surface area contributed by atoms with Crippen LogP contribution in [0.5, 0.6) is 5.75 Å². The maximum absolute atomic E-state index is 11.0. The number of aliphatic imine (C=N–C) groups is 2. The van der Waals surface area contributed by atoms with Gasteiger partial charge in [-0.1, -0.05) is 0 Å². The van der Waals surface area contributed by atoms with Crippen LogP contribution in [0.4, 0.5) is 5.69 Å². The van der Waals surface area contributed by atoms with E-state index in [9.17, 15) is 4.79 Å². The molecule has 3 rings (SSSR count). The van der Waals surface area contributed by atoms with Gasteiger partial charge in [0.1, 0.15) is 17.7 Å². The second-order valence-electron chi connectivity index (χ2n) is 8.12. The molecule has 2 aliphatic rings. The molecule has 1 saturated heterocycles. The quantitative estimate of drug-likeness (QED) is 0.406. The van der Waals surface area contributed by atoms with Crippen molar-refractivity contribution in [1.29, 1.82) is 0 Å². The SMILES string of the molecule is C/C(Cc1cc(OC2(C)CC2)ccc1N)=N\C=N/CN1CCC(C(=O)O)CC1. The lowest BCUT2D eigenvalue weighted by Crippen LogP contribution is -2.36. The number of rotatable bonds is 8. The van der Waals surface area contributed by atoms with Crippen LogP contribution in [-0.4, -0.2) is 53.4 Å². The first-order valence-corrected chi connectivity index (χ1v) is 9.89. The van der Waals surface area contributed by atoms with Crippen LogP contribution in [-0.2, 0) is 11.2 Å². The lowest BCUT2D eigenvalue weighted by atomic mass is 9.97. The Labute approximate surface area is 166 Å². The monoisotopic (exact) mass is 386 g/mol. The molecule has 28 heavy (non-hydrogen) atoms. The highest BCUT2D eigenvalue weighted by Gasteiger charge is 2.40. The van der Waals surface area contributed by atoms with E-state index in [4.69, 9.17) is 15.6 Å². The van der Waals surface area contributed by atoms with Crippen LogP contribution in [0.15, 0.2) is 28.2 Å². The van der Waals surface area contributed by atoms with Crippen molar-refractivity contribution in [2.24, 2.45) is 15.9 Å². The highest BCUT2D eigenvalue weighted by atomic mass is 16.5. The first-order chi connectivity index (χ1) is 13.3. The van der Waals surface area contributed by atoms with E-state index < -0.39 is 5.97 Å². The lowest BCUT2D eigenvalue weighted by molar-refractivity contribution is -0.143. The Morgan fingerprint density at radius 1 is 1.39 bits per heavy atom. The zero-order valence-corrected chi connectivity index (χ0v) is 16.7. The van der Waals surface area contributed by atoms with Gasteiger partial charge in [-0.2, -0.15) is 0 Å². The molecule has 1 aromatic carbocycles. The van der Waals surface area contributed by atoms with Gasteiger partial charge in [-0.3, -0.25) is 14.7 Å². The lowest BCUT2D eigenvalue weighted by Gasteiger charge is -2.28. The highest BCUT2D eigenvalue weighted by Crippen LogP contribution is 2.40. The van der Waals surface area contributed by atoms with E-state index in [1.54, 1.807) is 6.34 Å². The fraction of sp³-hybridized carbons (Fsp3) is 0.571. The minimum atomic E-state index is -0.691. The van der Waals surface area contributed by atoms with Crippen LogP contribution in [0.1, 0.15) is 45.1 Å². The summed E-state index contributed by atoms with van der Waals surface area (Å²) in [7, 11) is 0. The van der Waals surface area contributed by atoms with E-state index in [1.807, 2.05) is 25.1 Å². The van der Waals surface area contributed by atoms with Crippen molar-refractivity contribution >= 4 is 23.7 Å². The Balaban J connectivity index is 1.48. The number of carboxylic acid groups (broad SMARTS) is 1. The smallest absolute Gasteiger partial charge is 0.306 e. The Bertz CT molecular complexity index is 763. The second kappa shape index (κ2) is 8.73. The topological polar surface area (TPSA) is 101 Å². The average molecular weight is 386 g/mol. The van der Waals surface area contributed by atoms with Crippen molar-refractivity contribution in [1.82, 2.24) is 4.90 Å². The third kappa shape index (κ3) is 5.79. The van der Waals surface area contributed by atoms with Crippen molar-refractivity contribution in [3.63, 3.8) is 0 Å². The number of nitrogen functional groups attached to an aromatic ring is 1. The standard InChI is InChI=1S/C21H30N4O3/c1-15(24-13-23-14-25-9-5-16(6-10-25)20(26)27)11-17-12-18(3-4-19(17)22)28-21(2)7-8-21/h3-4,12-13,16H,5-11,14,22H2,1-2H3,(H,26,27)/b23-13-,24-15+. The molecule has 0 atom stereocenters. The average Bonchev–Trinajstić information content (AvgIpc) is 3.39. The summed E-state index contributed by atoms with van der Waals surface area (Å²) in [6, 6.07) is 5.81. The molecule has 0 amide bonds. The van der Waals surface area contributed by atoms with Gasteiger partial charge in [0.15, 0.2) is 0 Å². The highest BCUT2D eigenvalue weighted by molar-refractivity contribution is 5.91. The Morgan fingerprint density at radius 3 is 2.75 bits per heavy atom. The van der Waals surface area contributed by atoms with Crippen molar-refractivity contribution < 1.29 is 14.6 Å². The molecule has 152 valence electrons. The summed E-state index contributed by atoms with van der Waals surface area (Å²) in [5, 5.41) is 9.03. The number of ether oxygens (including phenoxy) is 1. The van der Waals surface area contributed by atoms with Gasteiger partial charge in [0.05, 0.1) is 12.6 Å². The van der Waals surface area contributed by atoms with Crippen LogP contribution < -0.4 is 10.5 Å². The Morgan fingerprint density at radius 2 is 2.11 bits per heavy atom. The van der Waals surface area contributed by atoms with Gasteiger partial charge < -0.3 is 15.6 Å². The summed E-state index contributed by atoms with van der Waals surface area (Å²) in [5.74, 6) is -0.0491. The Hall–Kier alpha value is -2.41. The van der Waals surface area contributed by atoms with Crippen LogP contribution in [0.25, 0.3) is 0 Å². The summed E-state index contributed by atoms with van der Waals surface area (Å²) < 4.78 is 6.01. The van der Waals surface area contributed by atoms with Crippen molar-refractivity contribution in [3.05, 3.63) is 23.8 Å². The third-order valence-corrected chi connectivity index (χ3v) is 5.46. The van der Waals surface area contributed by atoms with Crippen LogP contribution in [0.3, 0.4) is 0 Å². The van der Waals surface area contributed by atoms with Crippen LogP contribution in [0, 0.1) is 5.92 Å². The zero-order chi connectivity index (χ0) is 20.1. The molecule has 3 N–H and O–H groups in total. The number of carboxylic acids is 1. The van der Waals surface area contributed by atoms with Crippen LogP contribution >= 0.6 is 0 Å². The molecule has 1 aromatic rings. The predicted molar refractivity (Wildman–Crippen MR) is 111 cm³/mol. The minimum Gasteiger partial charge on any atom is -0.488 e. The van der Waals surface area contributed by atoms with Gasteiger partial charge >= 0.3 is 5.97 Å². The number of carbonyl (C=O) groups is 1. The molecule has 1 aliphatic heterocycles. The van der Waals surface area contributed by atoms with Crippen molar-refractivity contribution in [2.75, 3.05) is 25.5 Å². The number of nitrogens with two attached hydrogens (primary N) is 1. The van der Waals surface area contributed by atoms with Gasteiger partial charge in [-0.05, 0) is 63.3 Å². The maximum Gasteiger partial charge on any atom is 0.306 e. The van der Waals surface area contributed by atoms with Gasteiger partial charge in [-0.15, -0.1) is 0 Å². The number of piperidine rings is 1. The molecule has 0 spiro atoms. The van der Waals surface area contributed by atoms with Gasteiger partial charge in [-0.25, -0.2) is 4.99 Å². The fourth-order valence-electron chi connectivity index (χ4n) is 3.30. The molecular weight excluding hydrogens is 356 g/mol. The maximum atomic E-state index is 11.0. The summed E-state index contributed by atoms with van der Waals surface area (Å²) in [6.45, 7) is 6.15. The first kappa shape index (κ1) is 20.3. The fourth-order valence-corrected chi connectivity index (χ4v) is 3.30. The predicted octanol–water partition coefficient (Wildman–Crippen LogP) is 2.99. The first-order valence-electron chi connectivity index (χ1n) is 9.89. The van der Waals surface area contributed by atoms with E-state index in [1.165, 1.54) is 0 Å². The molecule has 2 fully saturated rings. The summed E-state index contributed by atoms with van der Waals surface area (Å²) in [5.41, 5.74) is 8.77. The van der Waals surface area contributed by atoms with E-state index in [0.29, 0.717) is 25.9 Å². The number of hydrogen-bond donors (Lipinski definition) is 2. The number of likely N-dealkylation sites (tertiary alicyclic amines) is 1. The van der Waals surface area contributed by atoms with E-state index in [2.05, 4.69) is 21.8 Å². The van der Waals surface area contributed by atoms with E-state index in [0.717, 1.165) is 48.6 Å². The summed E-state index contributed by atoms with van der Waals surface area (Å²) >= 11 is 0. The van der Waals surface area contributed by atoms with Gasteiger partial charge in [0.25, 0.3) is 0 Å². The third-order valence-electron chi connectivity index (χ3n) is 5.46. The largest absolute Gasteiger partial charge is 0.488 e. The molecule has 7 nitrogen and oxygen atoms in total. The van der Waals surface area contributed by atoms with Gasteiger partial charge in [0, 0.05) is 30.9 Å².